The Balaban J connectivity index is 3.00. The Morgan fingerprint density at radius 3 is 2.24 bits per heavy atom. The van der Waals surface area contributed by atoms with E-state index in [1.807, 2.05) is 20.8 Å². The largest absolute Gasteiger partial charge is 0.389 e. The molecule has 0 saturated carbocycles. The highest BCUT2D eigenvalue weighted by Gasteiger charge is 2.52. The molecule has 3 amide bonds. The van der Waals surface area contributed by atoms with Gasteiger partial charge in [0.05, 0.1) is 12.1 Å². The molecule has 17 heavy (non-hydrogen) atoms. The molecule has 1 fully saturated rings. The molecule has 1 unspecified atom stereocenters. The topological polar surface area (TPSA) is 69.6 Å². The Hall–Kier alpha value is -1.10. The molecule has 2 N–H and O–H groups in total. The van der Waals surface area contributed by atoms with Crippen molar-refractivity contribution in [3.05, 3.63) is 0 Å². The van der Waals surface area contributed by atoms with Crippen LogP contribution in [0.2, 0.25) is 0 Å². The fraction of sp³-hybridized carbons (Fsp3) is 0.833. The van der Waals surface area contributed by atoms with E-state index in [4.69, 9.17) is 0 Å². The fourth-order valence-electron chi connectivity index (χ4n) is 2.21. The van der Waals surface area contributed by atoms with Crippen LogP contribution >= 0.6 is 0 Å². The molecule has 0 radical (unpaired) electrons. The van der Waals surface area contributed by atoms with Crippen molar-refractivity contribution in [1.82, 2.24) is 10.2 Å². The quantitative estimate of drug-likeness (QED) is 0.726. The zero-order valence-electron chi connectivity index (χ0n) is 11.2. The minimum Gasteiger partial charge on any atom is -0.389 e. The molecule has 5 heteroatoms. The van der Waals surface area contributed by atoms with Gasteiger partial charge in [0.15, 0.2) is 0 Å². The molecule has 1 aliphatic heterocycles. The second-order valence-electron chi connectivity index (χ2n) is 5.61. The number of urea groups is 1. The number of nitrogens with zero attached hydrogens (tertiary/aromatic N) is 1. The summed E-state index contributed by atoms with van der Waals surface area (Å²) in [4.78, 5) is 25.3. The van der Waals surface area contributed by atoms with Gasteiger partial charge < -0.3 is 10.4 Å². The van der Waals surface area contributed by atoms with Crippen molar-refractivity contribution in [3.63, 3.8) is 0 Å². The van der Waals surface area contributed by atoms with E-state index in [0.717, 1.165) is 4.90 Å². The number of hydrogen-bond acceptors (Lipinski definition) is 3. The fourth-order valence-corrected chi connectivity index (χ4v) is 2.21. The first-order chi connectivity index (χ1) is 7.64. The van der Waals surface area contributed by atoms with Crippen LogP contribution in [0, 0.1) is 5.92 Å². The minimum atomic E-state index is -1.08. The third kappa shape index (κ3) is 2.44. The van der Waals surface area contributed by atoms with Crippen molar-refractivity contribution >= 4 is 11.9 Å². The normalized spacial score (nSPS) is 25.7. The molecule has 0 aromatic carbocycles. The van der Waals surface area contributed by atoms with E-state index >= 15 is 0 Å². The van der Waals surface area contributed by atoms with Gasteiger partial charge in [-0.3, -0.25) is 9.69 Å². The highest BCUT2D eigenvalue weighted by atomic mass is 16.3. The van der Waals surface area contributed by atoms with Crippen LogP contribution in [0.15, 0.2) is 0 Å². The lowest BCUT2D eigenvalue weighted by Crippen LogP contribution is -2.51. The molecular weight excluding hydrogens is 220 g/mol. The maximum Gasteiger partial charge on any atom is 0.325 e. The van der Waals surface area contributed by atoms with Crippen molar-refractivity contribution in [3.8, 4) is 0 Å². The lowest BCUT2D eigenvalue weighted by Gasteiger charge is -2.30. The SMILES string of the molecule is CCC1(C(C)C)NC(=O)N(CC(C)(C)O)C1=O. The van der Waals surface area contributed by atoms with Crippen LogP contribution in [0.25, 0.3) is 0 Å². The number of aliphatic hydroxyl groups is 1. The van der Waals surface area contributed by atoms with Gasteiger partial charge in [-0.05, 0) is 26.2 Å². The van der Waals surface area contributed by atoms with Crippen LogP contribution in [-0.2, 0) is 4.79 Å². The molecule has 1 heterocycles. The molecule has 0 spiro atoms. The maximum absolute atomic E-state index is 12.3. The molecule has 1 aliphatic rings. The van der Waals surface area contributed by atoms with E-state index in [1.165, 1.54) is 0 Å². The summed E-state index contributed by atoms with van der Waals surface area (Å²) in [7, 11) is 0. The van der Waals surface area contributed by atoms with Gasteiger partial charge in [-0.2, -0.15) is 0 Å². The predicted octanol–water partition coefficient (Wildman–Crippen LogP) is 1.11. The Labute approximate surface area is 102 Å². The third-order valence-corrected chi connectivity index (χ3v) is 3.29. The van der Waals surface area contributed by atoms with Crippen molar-refractivity contribution < 1.29 is 14.7 Å². The number of nitrogens with one attached hydrogen (secondary N) is 1. The van der Waals surface area contributed by atoms with Gasteiger partial charge in [-0.1, -0.05) is 20.8 Å². The summed E-state index contributed by atoms with van der Waals surface area (Å²) in [5.41, 5.74) is -1.89. The smallest absolute Gasteiger partial charge is 0.325 e. The molecule has 0 aliphatic carbocycles. The molecule has 0 bridgehead atoms. The van der Waals surface area contributed by atoms with Crippen molar-refractivity contribution in [2.45, 2.75) is 52.2 Å². The average molecular weight is 242 g/mol. The van der Waals surface area contributed by atoms with Gasteiger partial charge in [-0.25, -0.2) is 4.79 Å². The number of amides is 3. The number of hydrogen-bond donors (Lipinski definition) is 2. The predicted molar refractivity (Wildman–Crippen MR) is 64.4 cm³/mol. The summed E-state index contributed by atoms with van der Waals surface area (Å²) in [5, 5.41) is 12.5. The first-order valence-electron chi connectivity index (χ1n) is 6.00. The third-order valence-electron chi connectivity index (χ3n) is 3.29. The van der Waals surface area contributed by atoms with Crippen LogP contribution in [0.3, 0.4) is 0 Å². The summed E-state index contributed by atoms with van der Waals surface area (Å²) in [6.45, 7) is 8.88. The number of imide groups is 1. The number of carbonyl (C=O) groups excluding carboxylic acids is 2. The number of rotatable bonds is 4. The highest BCUT2D eigenvalue weighted by Crippen LogP contribution is 2.29. The van der Waals surface area contributed by atoms with Crippen molar-refractivity contribution in [2.24, 2.45) is 5.92 Å². The number of carbonyl (C=O) groups is 2. The van der Waals surface area contributed by atoms with E-state index in [-0.39, 0.29) is 18.4 Å². The first kappa shape index (κ1) is 14.0. The maximum atomic E-state index is 12.3. The van der Waals surface area contributed by atoms with Gasteiger partial charge >= 0.3 is 6.03 Å². The summed E-state index contributed by atoms with van der Waals surface area (Å²) in [6.07, 6.45) is 0.553. The standard InChI is InChI=1S/C12H22N2O3/c1-6-12(8(2)3)9(15)14(10(16)13-12)7-11(4,5)17/h8,17H,6-7H2,1-5H3,(H,13,16). The summed E-state index contributed by atoms with van der Waals surface area (Å²) in [6, 6.07) is -0.410. The first-order valence-corrected chi connectivity index (χ1v) is 6.00. The average Bonchev–Trinajstić information content (AvgIpc) is 2.41. The van der Waals surface area contributed by atoms with E-state index in [2.05, 4.69) is 5.32 Å². The molecule has 98 valence electrons. The number of β-amino-alcohol motifs (C(OH)–C–C–N with tert-alkyl or cyclic N) is 1. The van der Waals surface area contributed by atoms with Crippen LogP contribution in [0.1, 0.15) is 41.0 Å². The van der Waals surface area contributed by atoms with Gasteiger partial charge in [0.1, 0.15) is 5.54 Å². The van der Waals surface area contributed by atoms with E-state index in [1.54, 1.807) is 13.8 Å². The van der Waals surface area contributed by atoms with Gasteiger partial charge in [0, 0.05) is 0 Å². The lowest BCUT2D eigenvalue weighted by atomic mass is 9.84. The van der Waals surface area contributed by atoms with Crippen LogP contribution in [0.5, 0.6) is 0 Å². The molecule has 1 rings (SSSR count). The molecule has 5 nitrogen and oxygen atoms in total. The lowest BCUT2D eigenvalue weighted by molar-refractivity contribution is -0.135. The van der Waals surface area contributed by atoms with E-state index in [0.29, 0.717) is 6.42 Å². The Kier molecular flexibility index (Phi) is 3.52. The Morgan fingerprint density at radius 1 is 1.41 bits per heavy atom. The second-order valence-corrected chi connectivity index (χ2v) is 5.61. The molecule has 1 atom stereocenters. The van der Waals surface area contributed by atoms with Crippen LogP contribution in [-0.4, -0.2) is 39.6 Å². The Bertz CT molecular complexity index is 333. The van der Waals surface area contributed by atoms with Crippen LogP contribution in [0.4, 0.5) is 4.79 Å². The van der Waals surface area contributed by atoms with Gasteiger partial charge in [0.25, 0.3) is 5.91 Å². The second kappa shape index (κ2) is 4.29. The summed E-state index contributed by atoms with van der Waals surface area (Å²) < 4.78 is 0. The van der Waals surface area contributed by atoms with E-state index in [9.17, 15) is 14.7 Å². The molecule has 0 aromatic rings. The Morgan fingerprint density at radius 2 is 1.94 bits per heavy atom. The minimum absolute atomic E-state index is 0.0200. The molecule has 1 saturated heterocycles. The van der Waals surface area contributed by atoms with Crippen LogP contribution < -0.4 is 5.32 Å². The monoisotopic (exact) mass is 242 g/mol. The highest BCUT2D eigenvalue weighted by molar-refractivity contribution is 6.07. The van der Waals surface area contributed by atoms with Gasteiger partial charge in [-0.15, -0.1) is 0 Å². The van der Waals surface area contributed by atoms with E-state index < -0.39 is 17.2 Å². The van der Waals surface area contributed by atoms with Crippen molar-refractivity contribution in [1.29, 1.82) is 0 Å². The summed E-state index contributed by atoms with van der Waals surface area (Å²) in [5.74, 6) is -0.210. The summed E-state index contributed by atoms with van der Waals surface area (Å²) >= 11 is 0. The molecule has 0 aromatic heterocycles. The van der Waals surface area contributed by atoms with Gasteiger partial charge in [0.2, 0.25) is 0 Å². The zero-order valence-corrected chi connectivity index (χ0v) is 11.2. The zero-order chi connectivity index (χ0) is 13.4. The molecular formula is C12H22N2O3. The van der Waals surface area contributed by atoms with Crippen molar-refractivity contribution in [2.75, 3.05) is 6.54 Å².